The highest BCUT2D eigenvalue weighted by molar-refractivity contribution is 6.30. The molecular formula is C13H16ClNO3. The van der Waals surface area contributed by atoms with Crippen molar-refractivity contribution in [3.8, 4) is 0 Å². The highest BCUT2D eigenvalue weighted by Crippen LogP contribution is 2.17. The summed E-state index contributed by atoms with van der Waals surface area (Å²) in [5.74, 6) is -0.127. The molecule has 4 nitrogen and oxygen atoms in total. The van der Waals surface area contributed by atoms with Crippen molar-refractivity contribution >= 4 is 17.5 Å². The molecule has 0 radical (unpaired) electrons. The number of nitrogens with one attached hydrogen (secondary N) is 1. The van der Waals surface area contributed by atoms with Gasteiger partial charge in [-0.3, -0.25) is 4.79 Å². The first-order chi connectivity index (χ1) is 8.57. The van der Waals surface area contributed by atoms with Crippen LogP contribution in [-0.2, 0) is 16.0 Å². The molecule has 1 aromatic rings. The maximum Gasteiger partial charge on any atom is 0.224 e. The second kappa shape index (κ2) is 5.69. The molecule has 0 aliphatic carbocycles. The van der Waals surface area contributed by atoms with Gasteiger partial charge in [-0.05, 0) is 17.7 Å². The molecule has 5 heteroatoms. The molecule has 1 aliphatic rings. The molecule has 18 heavy (non-hydrogen) atoms. The lowest BCUT2D eigenvalue weighted by Gasteiger charge is -2.20. The Hall–Kier alpha value is -1.10. The number of ether oxygens (including phenoxy) is 1. The largest absolute Gasteiger partial charge is 0.386 e. The van der Waals surface area contributed by atoms with E-state index in [1.54, 1.807) is 12.1 Å². The van der Waals surface area contributed by atoms with Crippen LogP contribution in [0, 0.1) is 0 Å². The number of carbonyl (C=O) groups excluding carboxylic acids is 1. The third kappa shape index (κ3) is 3.70. The van der Waals surface area contributed by atoms with Crippen LogP contribution < -0.4 is 5.32 Å². The number of benzene rings is 1. The first-order valence-corrected chi connectivity index (χ1v) is 6.26. The highest BCUT2D eigenvalue weighted by Gasteiger charge is 2.32. The maximum absolute atomic E-state index is 11.7. The van der Waals surface area contributed by atoms with Gasteiger partial charge in [-0.15, -0.1) is 0 Å². The van der Waals surface area contributed by atoms with Crippen molar-refractivity contribution in [2.45, 2.75) is 18.4 Å². The van der Waals surface area contributed by atoms with E-state index >= 15 is 0 Å². The van der Waals surface area contributed by atoms with Gasteiger partial charge in [-0.2, -0.15) is 0 Å². The van der Waals surface area contributed by atoms with E-state index < -0.39 is 5.60 Å². The number of hydrogen-bond acceptors (Lipinski definition) is 3. The maximum atomic E-state index is 11.7. The van der Waals surface area contributed by atoms with Crippen LogP contribution >= 0.6 is 11.6 Å². The molecule has 0 aromatic heterocycles. The van der Waals surface area contributed by atoms with Crippen molar-refractivity contribution < 1.29 is 14.6 Å². The molecule has 0 spiro atoms. The molecule has 1 saturated heterocycles. The van der Waals surface area contributed by atoms with Crippen LogP contribution in [0.25, 0.3) is 0 Å². The van der Waals surface area contributed by atoms with Gasteiger partial charge in [0.05, 0.1) is 13.0 Å². The quantitative estimate of drug-likeness (QED) is 0.862. The molecule has 1 atom stereocenters. The van der Waals surface area contributed by atoms with Crippen LogP contribution in [-0.4, -0.2) is 36.4 Å². The van der Waals surface area contributed by atoms with Gasteiger partial charge in [-0.1, -0.05) is 23.7 Å². The lowest BCUT2D eigenvalue weighted by Crippen LogP contribution is -2.43. The average molecular weight is 270 g/mol. The van der Waals surface area contributed by atoms with Crippen molar-refractivity contribution in [2.24, 2.45) is 0 Å². The number of amides is 1. The van der Waals surface area contributed by atoms with E-state index in [1.165, 1.54) is 0 Å². The summed E-state index contributed by atoms with van der Waals surface area (Å²) >= 11 is 5.84. The van der Waals surface area contributed by atoms with Gasteiger partial charge in [0, 0.05) is 24.6 Å². The smallest absolute Gasteiger partial charge is 0.224 e. The SMILES string of the molecule is O=C(Cc1cccc(Cl)c1)NCC1(O)CCOC1. The predicted molar refractivity (Wildman–Crippen MR) is 68.6 cm³/mol. The number of halogens is 1. The van der Waals surface area contributed by atoms with Gasteiger partial charge in [-0.25, -0.2) is 0 Å². The number of hydrogen-bond donors (Lipinski definition) is 2. The second-order valence-corrected chi connectivity index (χ2v) is 5.05. The Bertz CT molecular complexity index is 430. The number of carbonyl (C=O) groups is 1. The fraction of sp³-hybridized carbons (Fsp3) is 0.462. The molecule has 1 aromatic carbocycles. The summed E-state index contributed by atoms with van der Waals surface area (Å²) < 4.78 is 5.11. The van der Waals surface area contributed by atoms with Crippen molar-refractivity contribution in [1.82, 2.24) is 5.32 Å². The van der Waals surface area contributed by atoms with E-state index in [0.717, 1.165) is 5.56 Å². The molecule has 1 aliphatic heterocycles. The summed E-state index contributed by atoms with van der Waals surface area (Å²) in [6.45, 7) is 1.05. The van der Waals surface area contributed by atoms with E-state index in [2.05, 4.69) is 5.32 Å². The molecular weight excluding hydrogens is 254 g/mol. The molecule has 2 N–H and O–H groups in total. The molecule has 1 amide bonds. The lowest BCUT2D eigenvalue weighted by atomic mass is 10.0. The summed E-state index contributed by atoms with van der Waals surface area (Å²) in [7, 11) is 0. The fourth-order valence-corrected chi connectivity index (χ4v) is 2.11. The minimum absolute atomic E-state index is 0.127. The topological polar surface area (TPSA) is 58.6 Å². The Labute approximate surface area is 111 Å². The zero-order valence-electron chi connectivity index (χ0n) is 9.99. The Balaban J connectivity index is 1.82. The summed E-state index contributed by atoms with van der Waals surface area (Å²) in [4.78, 5) is 11.7. The van der Waals surface area contributed by atoms with E-state index in [-0.39, 0.29) is 25.5 Å². The lowest BCUT2D eigenvalue weighted by molar-refractivity contribution is -0.121. The summed E-state index contributed by atoms with van der Waals surface area (Å²) in [6, 6.07) is 7.18. The Morgan fingerprint density at radius 3 is 3.06 bits per heavy atom. The van der Waals surface area contributed by atoms with Crippen LogP contribution in [0.1, 0.15) is 12.0 Å². The van der Waals surface area contributed by atoms with E-state index in [1.807, 2.05) is 12.1 Å². The average Bonchev–Trinajstić information content (AvgIpc) is 2.74. The minimum atomic E-state index is -0.913. The van der Waals surface area contributed by atoms with Gasteiger partial charge >= 0.3 is 0 Å². The van der Waals surface area contributed by atoms with Crippen molar-refractivity contribution in [1.29, 1.82) is 0 Å². The Kier molecular flexibility index (Phi) is 4.22. The molecule has 1 fully saturated rings. The van der Waals surface area contributed by atoms with Gasteiger partial charge in [0.2, 0.25) is 5.91 Å². The molecule has 2 rings (SSSR count). The van der Waals surface area contributed by atoms with Crippen LogP contribution in [0.3, 0.4) is 0 Å². The van der Waals surface area contributed by atoms with E-state index in [0.29, 0.717) is 18.1 Å². The van der Waals surface area contributed by atoms with E-state index in [4.69, 9.17) is 16.3 Å². The summed E-state index contributed by atoms with van der Waals surface area (Å²) in [6.07, 6.45) is 0.821. The zero-order chi connectivity index (χ0) is 13.0. The monoisotopic (exact) mass is 269 g/mol. The fourth-order valence-electron chi connectivity index (χ4n) is 1.89. The van der Waals surface area contributed by atoms with Gasteiger partial charge in [0.1, 0.15) is 5.60 Å². The first kappa shape index (κ1) is 13.3. The van der Waals surface area contributed by atoms with Gasteiger partial charge < -0.3 is 15.2 Å². The number of aliphatic hydroxyl groups is 1. The Morgan fingerprint density at radius 2 is 2.39 bits per heavy atom. The van der Waals surface area contributed by atoms with Gasteiger partial charge in [0.15, 0.2) is 0 Å². The third-order valence-electron chi connectivity index (χ3n) is 2.95. The summed E-state index contributed by atoms with van der Waals surface area (Å²) in [5, 5.41) is 13.3. The molecule has 0 saturated carbocycles. The first-order valence-electron chi connectivity index (χ1n) is 5.89. The summed E-state index contributed by atoms with van der Waals surface area (Å²) in [5.41, 5.74) is -0.0565. The third-order valence-corrected chi connectivity index (χ3v) is 3.19. The zero-order valence-corrected chi connectivity index (χ0v) is 10.7. The van der Waals surface area contributed by atoms with Crippen LogP contribution in [0.5, 0.6) is 0 Å². The van der Waals surface area contributed by atoms with Crippen molar-refractivity contribution in [2.75, 3.05) is 19.8 Å². The highest BCUT2D eigenvalue weighted by atomic mass is 35.5. The minimum Gasteiger partial charge on any atom is -0.386 e. The van der Waals surface area contributed by atoms with Crippen molar-refractivity contribution in [3.63, 3.8) is 0 Å². The molecule has 98 valence electrons. The number of rotatable bonds is 4. The van der Waals surface area contributed by atoms with Crippen LogP contribution in [0.15, 0.2) is 24.3 Å². The van der Waals surface area contributed by atoms with E-state index in [9.17, 15) is 9.90 Å². The molecule has 0 bridgehead atoms. The molecule has 1 heterocycles. The molecule has 1 unspecified atom stereocenters. The van der Waals surface area contributed by atoms with Gasteiger partial charge in [0.25, 0.3) is 0 Å². The standard InChI is InChI=1S/C13H16ClNO3/c14-11-3-1-2-10(6-11)7-12(16)15-8-13(17)4-5-18-9-13/h1-3,6,17H,4-5,7-9H2,(H,15,16). The normalized spacial score (nSPS) is 23.0. The second-order valence-electron chi connectivity index (χ2n) is 4.61. The van der Waals surface area contributed by atoms with Crippen LogP contribution in [0.4, 0.5) is 0 Å². The van der Waals surface area contributed by atoms with Crippen molar-refractivity contribution in [3.05, 3.63) is 34.9 Å². The predicted octanol–water partition coefficient (Wildman–Crippen LogP) is 1.15. The Morgan fingerprint density at radius 1 is 1.56 bits per heavy atom. The van der Waals surface area contributed by atoms with Crippen LogP contribution in [0.2, 0.25) is 5.02 Å².